The lowest BCUT2D eigenvalue weighted by Gasteiger charge is -2.34. The van der Waals surface area contributed by atoms with Crippen molar-refractivity contribution in [2.75, 3.05) is 39.5 Å². The van der Waals surface area contributed by atoms with Gasteiger partial charge in [0.2, 0.25) is 0 Å². The van der Waals surface area contributed by atoms with Crippen LogP contribution < -0.4 is 10.6 Å². The minimum atomic E-state index is -1.94. The zero-order valence-electron chi connectivity index (χ0n) is 23.2. The summed E-state index contributed by atoms with van der Waals surface area (Å²) < 4.78 is 26.2. The second-order valence-electron chi connectivity index (χ2n) is 9.79. The summed E-state index contributed by atoms with van der Waals surface area (Å²) in [5, 5.41) is 5.38. The van der Waals surface area contributed by atoms with Crippen LogP contribution in [0.2, 0.25) is 38.3 Å². The number of esters is 2. The molecule has 0 aromatic rings. The quantitative estimate of drug-likeness (QED) is 0.0840. The molecule has 37 heavy (non-hydrogen) atoms. The minimum absolute atomic E-state index is 0.0176. The Labute approximate surface area is 222 Å². The van der Waals surface area contributed by atoms with Crippen molar-refractivity contribution in [2.24, 2.45) is 0 Å². The van der Waals surface area contributed by atoms with E-state index < -0.39 is 40.8 Å². The molecule has 0 saturated heterocycles. The maximum atomic E-state index is 11.7. The molecule has 0 atom stereocenters. The Morgan fingerprint density at radius 3 is 1.27 bits per heavy atom. The molecule has 2 amide bonds. The topological polar surface area (TPSA) is 138 Å². The van der Waals surface area contributed by atoms with Crippen molar-refractivity contribution in [1.29, 1.82) is 0 Å². The molecule has 0 aliphatic heterocycles. The Kier molecular flexibility index (Phi) is 16.5. The van der Waals surface area contributed by atoms with Gasteiger partial charge in [-0.05, 0) is 65.0 Å². The highest BCUT2D eigenvalue weighted by Crippen LogP contribution is 2.23. The summed E-state index contributed by atoms with van der Waals surface area (Å²) in [5.41, 5.74) is 0.581. The van der Waals surface area contributed by atoms with Gasteiger partial charge in [-0.25, -0.2) is 19.2 Å². The van der Waals surface area contributed by atoms with E-state index in [4.69, 9.17) is 23.1 Å². The number of rotatable bonds is 18. The van der Waals surface area contributed by atoms with Crippen molar-refractivity contribution >= 4 is 40.8 Å². The molecule has 0 unspecified atom stereocenters. The average Bonchev–Trinajstić information content (AvgIpc) is 2.78. The second kappa shape index (κ2) is 17.7. The molecule has 212 valence electrons. The Morgan fingerprint density at radius 2 is 0.946 bits per heavy atom. The third-order valence-electron chi connectivity index (χ3n) is 4.80. The Bertz CT molecular complexity index is 737. The molecule has 11 nitrogen and oxygen atoms in total. The zero-order chi connectivity index (χ0) is 28.5. The highest BCUT2D eigenvalue weighted by Gasteiger charge is 2.32. The molecule has 0 aliphatic rings. The van der Waals surface area contributed by atoms with Crippen LogP contribution in [0.4, 0.5) is 9.59 Å². The van der Waals surface area contributed by atoms with Crippen LogP contribution in [0, 0.1) is 0 Å². The summed E-state index contributed by atoms with van der Waals surface area (Å²) >= 11 is 0. The maximum Gasteiger partial charge on any atom is 0.407 e. The van der Waals surface area contributed by atoms with E-state index in [1.165, 1.54) is 0 Å². The van der Waals surface area contributed by atoms with Crippen LogP contribution >= 0.6 is 0 Å². The fraction of sp³-hybridized carbons (Fsp3) is 0.667. The van der Waals surface area contributed by atoms with E-state index in [1.807, 2.05) is 0 Å². The molecule has 0 aromatic carbocycles. The molecule has 2 N–H and O–H groups in total. The fourth-order valence-corrected chi connectivity index (χ4v) is 12.0. The summed E-state index contributed by atoms with van der Waals surface area (Å²) in [6.07, 6.45) is 0.414. The van der Waals surface area contributed by atoms with E-state index in [2.05, 4.69) is 50.0 Å². The Balaban J connectivity index is 4.01. The molecule has 0 spiro atoms. The summed E-state index contributed by atoms with van der Waals surface area (Å²) in [4.78, 5) is 46.0. The first-order valence-corrected chi connectivity index (χ1v) is 18.5. The van der Waals surface area contributed by atoms with Gasteiger partial charge in [0.25, 0.3) is 0 Å². The third kappa shape index (κ3) is 19.2. The number of alkyl carbamates (subject to hydrolysis) is 2. The lowest BCUT2D eigenvalue weighted by atomic mass is 10.4. The normalized spacial score (nSPS) is 11.2. The Hall–Kier alpha value is -2.65. The lowest BCUT2D eigenvalue weighted by molar-refractivity contribution is -0.140. The predicted octanol–water partition coefficient (Wildman–Crippen LogP) is 3.88. The van der Waals surface area contributed by atoms with Crippen molar-refractivity contribution in [2.45, 2.75) is 65.0 Å². The van der Waals surface area contributed by atoms with Gasteiger partial charge in [-0.2, -0.15) is 0 Å². The minimum Gasteiger partial charge on any atom is -0.459 e. The van der Waals surface area contributed by atoms with Gasteiger partial charge >= 0.3 is 24.1 Å². The maximum absolute atomic E-state index is 11.7. The first-order chi connectivity index (χ1) is 17.1. The van der Waals surface area contributed by atoms with Gasteiger partial charge in [-0.1, -0.05) is 13.2 Å². The molecule has 0 heterocycles. The van der Waals surface area contributed by atoms with Crippen molar-refractivity contribution in [3.63, 3.8) is 0 Å². The SMILES string of the molecule is C=C(C)C(=O)OCCOC(=O)NCCC[Si](C)(C)O[Si](C)(C)CCCNC(=O)OCCOC(=O)C(=C)C. The van der Waals surface area contributed by atoms with Crippen LogP contribution in [0.25, 0.3) is 0 Å². The highest BCUT2D eigenvalue weighted by molar-refractivity contribution is 6.84. The third-order valence-corrected chi connectivity index (χ3v) is 12.3. The van der Waals surface area contributed by atoms with E-state index in [-0.39, 0.29) is 26.4 Å². The van der Waals surface area contributed by atoms with Gasteiger partial charge in [0.1, 0.15) is 26.4 Å². The number of nitrogens with one attached hydrogen (secondary N) is 2. The smallest absolute Gasteiger partial charge is 0.407 e. The van der Waals surface area contributed by atoms with Gasteiger partial charge in [0.15, 0.2) is 16.6 Å². The van der Waals surface area contributed by atoms with Crippen LogP contribution in [0.15, 0.2) is 24.3 Å². The van der Waals surface area contributed by atoms with Crippen LogP contribution in [0.5, 0.6) is 0 Å². The molecule has 13 heteroatoms. The molecular weight excluding hydrogens is 516 g/mol. The van der Waals surface area contributed by atoms with Gasteiger partial charge < -0.3 is 33.7 Å². The molecule has 0 fully saturated rings. The van der Waals surface area contributed by atoms with Crippen LogP contribution in [0.1, 0.15) is 26.7 Å². The van der Waals surface area contributed by atoms with Gasteiger partial charge in [0.05, 0.1) is 0 Å². The van der Waals surface area contributed by atoms with Crippen LogP contribution in [-0.2, 0) is 32.7 Å². The molecule has 0 bridgehead atoms. The number of carbonyl (C=O) groups is 4. The standard InChI is InChI=1S/C24H44N2O9Si2/c1-19(2)21(27)31-13-15-33-23(29)25-11-9-17-36(5,6)35-37(7,8)18-10-12-26-24(30)34-16-14-32-22(28)20(3)4/h1,3,9-18H2,2,4-8H3,(H,25,29)(H,26,30). The largest absolute Gasteiger partial charge is 0.459 e. The average molecular weight is 561 g/mol. The lowest BCUT2D eigenvalue weighted by Crippen LogP contribution is -2.45. The molecule has 0 saturated carbocycles. The summed E-state index contributed by atoms with van der Waals surface area (Å²) in [5.74, 6) is -1.03. The predicted molar refractivity (Wildman–Crippen MR) is 145 cm³/mol. The monoisotopic (exact) mass is 560 g/mol. The molecule has 0 radical (unpaired) electrons. The second-order valence-corrected chi connectivity index (χ2v) is 18.6. The van der Waals surface area contributed by atoms with E-state index in [0.717, 1.165) is 24.9 Å². The summed E-state index contributed by atoms with van der Waals surface area (Å²) in [6, 6.07) is 1.75. The number of hydrogen-bond acceptors (Lipinski definition) is 9. The molecule has 0 rings (SSSR count). The first-order valence-electron chi connectivity index (χ1n) is 12.3. The van der Waals surface area contributed by atoms with Gasteiger partial charge in [0, 0.05) is 24.2 Å². The fourth-order valence-electron chi connectivity index (χ4n) is 3.15. The zero-order valence-corrected chi connectivity index (χ0v) is 25.2. The van der Waals surface area contributed by atoms with Gasteiger partial charge in [-0.3, -0.25) is 0 Å². The van der Waals surface area contributed by atoms with Crippen molar-refractivity contribution < 1.29 is 42.2 Å². The number of ether oxygens (including phenoxy) is 4. The highest BCUT2D eigenvalue weighted by atomic mass is 28.4. The van der Waals surface area contributed by atoms with Crippen LogP contribution in [-0.4, -0.2) is 80.3 Å². The van der Waals surface area contributed by atoms with Crippen molar-refractivity contribution in [3.8, 4) is 0 Å². The van der Waals surface area contributed by atoms with Crippen molar-refractivity contribution in [1.82, 2.24) is 10.6 Å². The number of carbonyl (C=O) groups excluding carboxylic acids is 4. The summed E-state index contributed by atoms with van der Waals surface area (Å²) in [6.45, 7) is 19.5. The molecule has 0 aromatic heterocycles. The molecule has 0 aliphatic carbocycles. The summed E-state index contributed by atoms with van der Waals surface area (Å²) in [7, 11) is -3.88. The Morgan fingerprint density at radius 1 is 0.622 bits per heavy atom. The van der Waals surface area contributed by atoms with E-state index in [0.29, 0.717) is 24.2 Å². The van der Waals surface area contributed by atoms with Gasteiger partial charge in [-0.15, -0.1) is 0 Å². The molecular formula is C24H44N2O9Si2. The number of hydrogen-bond donors (Lipinski definition) is 2. The van der Waals surface area contributed by atoms with Crippen molar-refractivity contribution in [3.05, 3.63) is 24.3 Å². The van der Waals surface area contributed by atoms with E-state index in [1.54, 1.807) is 13.8 Å². The first kappa shape index (κ1) is 34.4. The van der Waals surface area contributed by atoms with Crippen LogP contribution in [0.3, 0.4) is 0 Å². The number of amides is 2. The van der Waals surface area contributed by atoms with E-state index in [9.17, 15) is 19.2 Å². The van der Waals surface area contributed by atoms with E-state index >= 15 is 0 Å².